The summed E-state index contributed by atoms with van der Waals surface area (Å²) in [6, 6.07) is 0. The average Bonchev–Trinajstić information content (AvgIpc) is 2.58. The van der Waals surface area contributed by atoms with Crippen molar-refractivity contribution in [3.63, 3.8) is 0 Å². The van der Waals surface area contributed by atoms with Crippen LogP contribution in [0.4, 0.5) is 0 Å². The molecule has 0 saturated carbocycles. The predicted molar refractivity (Wildman–Crippen MR) is 99.5 cm³/mol. The van der Waals surface area contributed by atoms with Gasteiger partial charge in [0.25, 0.3) is 0 Å². The lowest BCUT2D eigenvalue weighted by Crippen LogP contribution is -2.46. The van der Waals surface area contributed by atoms with Crippen molar-refractivity contribution in [2.45, 2.75) is 77.6 Å². The highest BCUT2D eigenvalue weighted by Crippen LogP contribution is 2.41. The summed E-state index contributed by atoms with van der Waals surface area (Å²) in [5.74, 6) is 0.0396. The first-order valence-corrected chi connectivity index (χ1v) is 10.2. The number of hydrogen-bond acceptors (Lipinski definition) is 3. The normalized spacial score (nSPS) is 25.3. The molecule has 2 saturated heterocycles. The molecule has 1 atom stereocenters. The molecule has 25 heavy (non-hydrogen) atoms. The van der Waals surface area contributed by atoms with Crippen LogP contribution < -0.4 is 5.32 Å². The number of carboxylic acid groups (broad SMARTS) is 1. The third kappa shape index (κ3) is 6.61. The van der Waals surface area contributed by atoms with Crippen LogP contribution in [0.3, 0.4) is 0 Å². The summed E-state index contributed by atoms with van der Waals surface area (Å²) >= 11 is 0. The summed E-state index contributed by atoms with van der Waals surface area (Å²) in [4.78, 5) is 24.8. The lowest BCUT2D eigenvalue weighted by molar-refractivity contribution is -0.148. The Bertz CT molecular complexity index is 435. The van der Waals surface area contributed by atoms with E-state index in [0.717, 1.165) is 31.6 Å². The van der Waals surface area contributed by atoms with Gasteiger partial charge in [-0.15, -0.1) is 0 Å². The molecular formula is C20H36N2O3. The fourth-order valence-electron chi connectivity index (χ4n) is 4.71. The van der Waals surface area contributed by atoms with E-state index >= 15 is 0 Å². The van der Waals surface area contributed by atoms with Gasteiger partial charge >= 0.3 is 5.97 Å². The molecule has 0 aromatic carbocycles. The molecular weight excluding hydrogens is 316 g/mol. The Labute approximate surface area is 152 Å². The fraction of sp³-hybridized carbons (Fsp3) is 0.900. The molecule has 5 nitrogen and oxygen atoms in total. The number of likely N-dealkylation sites (tertiary alicyclic amines) is 1. The summed E-state index contributed by atoms with van der Waals surface area (Å²) in [7, 11) is 0. The predicted octanol–water partition coefficient (Wildman–Crippen LogP) is 3.43. The van der Waals surface area contributed by atoms with Crippen molar-refractivity contribution >= 4 is 11.9 Å². The first kappa shape index (κ1) is 20.2. The van der Waals surface area contributed by atoms with Crippen LogP contribution in [-0.2, 0) is 9.59 Å². The lowest BCUT2D eigenvalue weighted by atomic mass is 9.71. The number of unbranched alkanes of at least 4 members (excludes halogenated alkanes) is 2. The Morgan fingerprint density at radius 2 is 2.00 bits per heavy atom. The van der Waals surface area contributed by atoms with E-state index < -0.39 is 5.97 Å². The quantitative estimate of drug-likeness (QED) is 0.591. The first-order chi connectivity index (χ1) is 12.0. The second-order valence-corrected chi connectivity index (χ2v) is 8.18. The Morgan fingerprint density at radius 1 is 1.24 bits per heavy atom. The maximum absolute atomic E-state index is 12.4. The summed E-state index contributed by atoms with van der Waals surface area (Å²) in [5, 5.41) is 12.4. The molecule has 0 aromatic rings. The molecule has 2 rings (SSSR count). The maximum Gasteiger partial charge on any atom is 0.323 e. The number of carboxylic acids is 1. The monoisotopic (exact) mass is 352 g/mol. The van der Waals surface area contributed by atoms with Crippen LogP contribution in [-0.4, -0.2) is 48.1 Å². The Balaban J connectivity index is 1.72. The Hall–Kier alpha value is -1.10. The summed E-state index contributed by atoms with van der Waals surface area (Å²) in [6.45, 7) is 5.02. The van der Waals surface area contributed by atoms with Gasteiger partial charge in [-0.05, 0) is 56.5 Å². The van der Waals surface area contributed by atoms with E-state index in [0.29, 0.717) is 13.0 Å². The molecule has 2 N–H and O–H groups in total. The van der Waals surface area contributed by atoms with Gasteiger partial charge in [-0.1, -0.05) is 39.0 Å². The number of aliphatic carboxylic acids is 1. The molecule has 2 heterocycles. The maximum atomic E-state index is 12.4. The minimum Gasteiger partial charge on any atom is -0.480 e. The second-order valence-electron chi connectivity index (χ2n) is 8.18. The smallest absolute Gasteiger partial charge is 0.323 e. The summed E-state index contributed by atoms with van der Waals surface area (Å²) < 4.78 is 0. The van der Waals surface area contributed by atoms with Crippen LogP contribution in [0.5, 0.6) is 0 Å². The zero-order valence-electron chi connectivity index (χ0n) is 15.9. The highest BCUT2D eigenvalue weighted by Gasteiger charge is 2.38. The average molecular weight is 353 g/mol. The van der Waals surface area contributed by atoms with E-state index in [9.17, 15) is 9.59 Å². The number of nitrogens with one attached hydrogen (secondary N) is 1. The zero-order valence-corrected chi connectivity index (χ0v) is 15.9. The van der Waals surface area contributed by atoms with Gasteiger partial charge in [0.2, 0.25) is 5.91 Å². The number of carbonyl (C=O) groups excluding carboxylic acids is 1. The van der Waals surface area contributed by atoms with Gasteiger partial charge < -0.3 is 15.3 Å². The van der Waals surface area contributed by atoms with Crippen LogP contribution in [0.25, 0.3) is 0 Å². The summed E-state index contributed by atoms with van der Waals surface area (Å²) in [6.07, 6.45) is 12.6. The molecule has 0 spiro atoms. The van der Waals surface area contributed by atoms with E-state index in [2.05, 4.69) is 12.2 Å². The van der Waals surface area contributed by atoms with Crippen molar-refractivity contribution in [1.82, 2.24) is 10.2 Å². The van der Waals surface area contributed by atoms with Crippen molar-refractivity contribution in [1.29, 1.82) is 0 Å². The van der Waals surface area contributed by atoms with Gasteiger partial charge in [-0.25, -0.2) is 0 Å². The van der Waals surface area contributed by atoms with Crippen molar-refractivity contribution < 1.29 is 14.7 Å². The molecule has 1 unspecified atom stereocenters. The van der Waals surface area contributed by atoms with Crippen LogP contribution >= 0.6 is 0 Å². The minimum atomic E-state index is -0.908. The molecule has 0 bridgehead atoms. The second kappa shape index (κ2) is 10.1. The number of hydrogen-bond donors (Lipinski definition) is 2. The SMILES string of the molecule is CCCC1(CCCCCC2CCNCC2)CCN(CC(=O)O)C(=O)C1. The van der Waals surface area contributed by atoms with Crippen LogP contribution in [0.2, 0.25) is 0 Å². The van der Waals surface area contributed by atoms with Gasteiger partial charge in [0.15, 0.2) is 0 Å². The minimum absolute atomic E-state index is 0.0387. The molecule has 0 aliphatic carbocycles. The highest BCUT2D eigenvalue weighted by atomic mass is 16.4. The molecule has 2 fully saturated rings. The van der Waals surface area contributed by atoms with Crippen LogP contribution in [0.15, 0.2) is 0 Å². The van der Waals surface area contributed by atoms with Crippen molar-refractivity contribution in [3.8, 4) is 0 Å². The fourth-order valence-corrected chi connectivity index (χ4v) is 4.71. The molecule has 2 aliphatic rings. The molecule has 0 radical (unpaired) electrons. The topological polar surface area (TPSA) is 69.6 Å². The number of nitrogens with zero attached hydrogens (tertiary/aromatic N) is 1. The van der Waals surface area contributed by atoms with Crippen LogP contribution in [0, 0.1) is 11.3 Å². The molecule has 1 amide bonds. The standard InChI is InChI=1S/C20H36N2O3/c1-2-9-20(11-14-22(16-19(24)25)18(23)15-20)10-5-3-4-6-17-7-12-21-13-8-17/h17,21H,2-16H2,1H3,(H,24,25). The van der Waals surface area contributed by atoms with E-state index in [1.807, 2.05) is 0 Å². The Kier molecular flexibility index (Phi) is 8.20. The molecule has 144 valence electrons. The van der Waals surface area contributed by atoms with Gasteiger partial charge in [0.05, 0.1) is 0 Å². The van der Waals surface area contributed by atoms with Gasteiger partial charge in [0, 0.05) is 13.0 Å². The van der Waals surface area contributed by atoms with E-state index in [1.54, 1.807) is 0 Å². The molecule has 0 aromatic heterocycles. The zero-order chi connectivity index (χ0) is 18.1. The third-order valence-corrected chi connectivity index (χ3v) is 6.18. The summed E-state index contributed by atoms with van der Waals surface area (Å²) in [5.41, 5.74) is 0.121. The van der Waals surface area contributed by atoms with Crippen molar-refractivity contribution in [3.05, 3.63) is 0 Å². The number of piperidine rings is 2. The van der Waals surface area contributed by atoms with Crippen molar-refractivity contribution in [2.24, 2.45) is 11.3 Å². The van der Waals surface area contributed by atoms with Gasteiger partial charge in [-0.3, -0.25) is 9.59 Å². The lowest BCUT2D eigenvalue weighted by Gasteiger charge is -2.41. The molecule has 5 heteroatoms. The number of rotatable bonds is 10. The van der Waals surface area contributed by atoms with E-state index in [4.69, 9.17) is 5.11 Å². The molecule has 2 aliphatic heterocycles. The van der Waals surface area contributed by atoms with Crippen LogP contribution in [0.1, 0.15) is 77.6 Å². The van der Waals surface area contributed by atoms with E-state index in [-0.39, 0.29) is 17.9 Å². The third-order valence-electron chi connectivity index (χ3n) is 6.18. The van der Waals surface area contributed by atoms with Gasteiger partial charge in [-0.2, -0.15) is 0 Å². The van der Waals surface area contributed by atoms with E-state index in [1.165, 1.54) is 56.5 Å². The highest BCUT2D eigenvalue weighted by molar-refractivity contribution is 5.82. The van der Waals surface area contributed by atoms with Gasteiger partial charge in [0.1, 0.15) is 6.54 Å². The number of amides is 1. The Morgan fingerprint density at radius 3 is 2.64 bits per heavy atom. The van der Waals surface area contributed by atoms with Crippen molar-refractivity contribution in [2.75, 3.05) is 26.2 Å². The first-order valence-electron chi connectivity index (χ1n) is 10.2. The number of carbonyl (C=O) groups is 2. The largest absolute Gasteiger partial charge is 0.480 e.